The summed E-state index contributed by atoms with van der Waals surface area (Å²) in [6.07, 6.45) is 7.81. The molecule has 0 atom stereocenters. The number of pyridine rings is 1. The van der Waals surface area contributed by atoms with Crippen LogP contribution in [0.25, 0.3) is 0 Å². The number of hydrogen-bond acceptors (Lipinski definition) is 3. The second-order valence-corrected chi connectivity index (χ2v) is 5.86. The van der Waals surface area contributed by atoms with Gasteiger partial charge in [0.2, 0.25) is 0 Å². The molecule has 2 nitrogen and oxygen atoms in total. The summed E-state index contributed by atoms with van der Waals surface area (Å²) in [6.45, 7) is 7.36. The zero-order valence-electron chi connectivity index (χ0n) is 13.3. The van der Waals surface area contributed by atoms with Crippen molar-refractivity contribution in [2.45, 2.75) is 51.5 Å². The van der Waals surface area contributed by atoms with Crippen molar-refractivity contribution in [1.82, 2.24) is 9.71 Å². The second-order valence-electron chi connectivity index (χ2n) is 4.89. The maximum Gasteiger partial charge on any atom is 0.0331 e. The molecule has 0 aliphatic heterocycles. The Kier molecular flexibility index (Phi) is 9.58. The smallest absolute Gasteiger partial charge is 0.0331 e. The van der Waals surface area contributed by atoms with Gasteiger partial charge in [0.05, 0.1) is 0 Å². The summed E-state index contributed by atoms with van der Waals surface area (Å²) in [7, 11) is 0. The van der Waals surface area contributed by atoms with E-state index in [-0.39, 0.29) is 0 Å². The highest BCUT2D eigenvalue weighted by Gasteiger charge is 1.97. The van der Waals surface area contributed by atoms with Crippen molar-refractivity contribution in [2.75, 3.05) is 0 Å². The third-order valence-electron chi connectivity index (χ3n) is 3.05. The molecule has 0 bridgehead atoms. The molecule has 1 heterocycles. The number of nitrogens with zero attached hydrogens (tertiary/aromatic N) is 1. The zero-order chi connectivity index (χ0) is 15.3. The molecular weight excluding hydrogens is 276 g/mol. The molecule has 0 radical (unpaired) electrons. The minimum absolute atomic E-state index is 0.833. The standard InChI is InChI=1S/C13H14N2S.C5H12/c1-11-7-8-14-9-12(11)10-15-16-13-5-3-2-4-6-13;1-3-5-4-2/h2-9,15H,10H2,1H3;3-5H2,1-2H3. The Morgan fingerprint density at radius 1 is 1.05 bits per heavy atom. The highest BCUT2D eigenvalue weighted by atomic mass is 32.2. The maximum atomic E-state index is 4.12. The van der Waals surface area contributed by atoms with E-state index >= 15 is 0 Å². The molecule has 1 aromatic heterocycles. The molecule has 1 aromatic carbocycles. The first-order chi connectivity index (χ1) is 10.3. The van der Waals surface area contributed by atoms with Gasteiger partial charge >= 0.3 is 0 Å². The highest BCUT2D eigenvalue weighted by Crippen LogP contribution is 2.14. The minimum Gasteiger partial charge on any atom is -0.264 e. The first-order valence-corrected chi connectivity index (χ1v) is 8.43. The molecule has 0 saturated carbocycles. The van der Waals surface area contributed by atoms with Gasteiger partial charge in [-0.3, -0.25) is 9.71 Å². The average molecular weight is 302 g/mol. The molecule has 0 aliphatic rings. The average Bonchev–Trinajstić information content (AvgIpc) is 2.52. The molecule has 0 aliphatic carbocycles. The number of unbranched alkanes of at least 4 members (excludes halogenated alkanes) is 2. The van der Waals surface area contributed by atoms with Crippen LogP contribution in [0.1, 0.15) is 44.2 Å². The van der Waals surface area contributed by atoms with Crippen molar-refractivity contribution in [3.8, 4) is 0 Å². The van der Waals surface area contributed by atoms with Gasteiger partial charge in [-0.15, -0.1) is 0 Å². The van der Waals surface area contributed by atoms with Gasteiger partial charge in [0, 0.05) is 23.8 Å². The monoisotopic (exact) mass is 302 g/mol. The van der Waals surface area contributed by atoms with E-state index in [1.807, 2.05) is 36.7 Å². The summed E-state index contributed by atoms with van der Waals surface area (Å²) in [4.78, 5) is 5.35. The van der Waals surface area contributed by atoms with Crippen molar-refractivity contribution >= 4 is 11.9 Å². The van der Waals surface area contributed by atoms with E-state index in [0.29, 0.717) is 0 Å². The first kappa shape index (κ1) is 17.7. The number of rotatable bonds is 6. The zero-order valence-corrected chi connectivity index (χ0v) is 14.1. The largest absolute Gasteiger partial charge is 0.264 e. The van der Waals surface area contributed by atoms with E-state index in [2.05, 4.69) is 42.6 Å². The topological polar surface area (TPSA) is 24.9 Å². The minimum atomic E-state index is 0.833. The van der Waals surface area contributed by atoms with E-state index in [4.69, 9.17) is 0 Å². The Balaban J connectivity index is 0.000000383. The van der Waals surface area contributed by atoms with E-state index in [0.717, 1.165) is 6.54 Å². The van der Waals surface area contributed by atoms with Crippen LogP contribution in [0.4, 0.5) is 0 Å². The van der Waals surface area contributed by atoms with Gasteiger partial charge < -0.3 is 0 Å². The van der Waals surface area contributed by atoms with Crippen LogP contribution >= 0.6 is 11.9 Å². The molecule has 0 unspecified atom stereocenters. The Morgan fingerprint density at radius 2 is 1.76 bits per heavy atom. The van der Waals surface area contributed by atoms with Crippen molar-refractivity contribution in [3.63, 3.8) is 0 Å². The fraction of sp³-hybridized carbons (Fsp3) is 0.389. The van der Waals surface area contributed by atoms with E-state index in [1.165, 1.54) is 35.3 Å². The van der Waals surface area contributed by atoms with Gasteiger partial charge in [-0.25, -0.2) is 0 Å². The maximum absolute atomic E-state index is 4.12. The molecule has 1 N–H and O–H groups in total. The highest BCUT2D eigenvalue weighted by molar-refractivity contribution is 7.97. The lowest BCUT2D eigenvalue weighted by atomic mass is 10.2. The van der Waals surface area contributed by atoms with E-state index < -0.39 is 0 Å². The first-order valence-electron chi connectivity index (χ1n) is 7.62. The summed E-state index contributed by atoms with van der Waals surface area (Å²) in [5, 5.41) is 0. The van der Waals surface area contributed by atoms with Crippen LogP contribution in [0.2, 0.25) is 0 Å². The predicted molar refractivity (Wildman–Crippen MR) is 93.3 cm³/mol. The van der Waals surface area contributed by atoms with Crippen LogP contribution < -0.4 is 4.72 Å². The van der Waals surface area contributed by atoms with Gasteiger partial charge in [-0.1, -0.05) is 51.3 Å². The van der Waals surface area contributed by atoms with Crippen LogP contribution in [0.15, 0.2) is 53.7 Å². The van der Waals surface area contributed by atoms with E-state index in [9.17, 15) is 0 Å². The SMILES string of the molecule is CCCCC.Cc1ccncc1CNSc1ccccc1. The number of aromatic nitrogens is 1. The second kappa shape index (κ2) is 11.4. The lowest BCUT2D eigenvalue weighted by Crippen LogP contribution is -2.04. The molecule has 2 aromatic rings. The molecule has 3 heteroatoms. The lowest BCUT2D eigenvalue weighted by molar-refractivity contribution is 0.772. The van der Waals surface area contributed by atoms with Crippen LogP contribution in [0.3, 0.4) is 0 Å². The Labute approximate surface area is 133 Å². The predicted octanol–water partition coefficient (Wildman–Crippen LogP) is 5.38. The number of nitrogens with one attached hydrogen (secondary N) is 1. The van der Waals surface area contributed by atoms with Crippen molar-refractivity contribution in [3.05, 3.63) is 59.9 Å². The Hall–Kier alpha value is -1.32. The van der Waals surface area contributed by atoms with Crippen molar-refractivity contribution < 1.29 is 0 Å². The van der Waals surface area contributed by atoms with Crippen molar-refractivity contribution in [2.24, 2.45) is 0 Å². The number of benzene rings is 1. The molecule has 0 spiro atoms. The fourth-order valence-electron chi connectivity index (χ4n) is 1.72. The van der Waals surface area contributed by atoms with Crippen LogP contribution in [0, 0.1) is 6.92 Å². The van der Waals surface area contributed by atoms with Gasteiger partial charge in [0.15, 0.2) is 0 Å². The molecule has 21 heavy (non-hydrogen) atoms. The Bertz CT molecular complexity index is 484. The summed E-state index contributed by atoms with van der Waals surface area (Å²) in [5.74, 6) is 0. The summed E-state index contributed by atoms with van der Waals surface area (Å²) in [6, 6.07) is 12.3. The van der Waals surface area contributed by atoms with Gasteiger partial charge in [-0.05, 0) is 48.2 Å². The van der Waals surface area contributed by atoms with Crippen molar-refractivity contribution in [1.29, 1.82) is 0 Å². The lowest BCUT2D eigenvalue weighted by Gasteiger charge is -2.06. The quantitative estimate of drug-likeness (QED) is 0.725. The normalized spacial score (nSPS) is 9.86. The van der Waals surface area contributed by atoms with E-state index in [1.54, 1.807) is 11.9 Å². The summed E-state index contributed by atoms with van der Waals surface area (Å²) in [5.41, 5.74) is 2.52. The molecule has 0 saturated heterocycles. The molecular formula is C18H26N2S. The van der Waals surface area contributed by atoms with Gasteiger partial charge in [0.25, 0.3) is 0 Å². The number of aryl methyl sites for hydroxylation is 1. The fourth-order valence-corrected chi connectivity index (χ4v) is 2.41. The molecule has 114 valence electrons. The summed E-state index contributed by atoms with van der Waals surface area (Å²) >= 11 is 1.65. The molecule has 2 rings (SSSR count). The number of hydrogen-bond donors (Lipinski definition) is 1. The van der Waals surface area contributed by atoms with Crippen LogP contribution in [-0.2, 0) is 6.54 Å². The Morgan fingerprint density at radius 3 is 2.33 bits per heavy atom. The van der Waals surface area contributed by atoms with Gasteiger partial charge in [-0.2, -0.15) is 0 Å². The third-order valence-corrected chi connectivity index (χ3v) is 3.85. The third kappa shape index (κ3) is 7.88. The van der Waals surface area contributed by atoms with Crippen LogP contribution in [-0.4, -0.2) is 4.98 Å². The summed E-state index contributed by atoms with van der Waals surface area (Å²) < 4.78 is 3.34. The molecule has 0 fully saturated rings. The van der Waals surface area contributed by atoms with Gasteiger partial charge in [0.1, 0.15) is 0 Å². The van der Waals surface area contributed by atoms with Crippen LogP contribution in [0.5, 0.6) is 0 Å². The molecule has 0 amide bonds.